The minimum atomic E-state index is -0.130. The van der Waals surface area contributed by atoms with Crippen molar-refractivity contribution < 1.29 is 9.53 Å². The maximum atomic E-state index is 13.0. The van der Waals surface area contributed by atoms with Crippen molar-refractivity contribution in [2.24, 2.45) is 7.05 Å². The number of aryl methyl sites for hydroxylation is 1. The van der Waals surface area contributed by atoms with Crippen molar-refractivity contribution in [2.45, 2.75) is 26.4 Å². The summed E-state index contributed by atoms with van der Waals surface area (Å²) in [6.45, 7) is 4.87. The number of ether oxygens (including phenoxy) is 1. The first kappa shape index (κ1) is 19.0. The second kappa shape index (κ2) is 7.58. The van der Waals surface area contributed by atoms with Gasteiger partial charge in [-0.25, -0.2) is 4.68 Å². The van der Waals surface area contributed by atoms with Gasteiger partial charge in [-0.15, -0.1) is 0 Å². The molecular formula is C22H24N4O3. The fourth-order valence-corrected chi connectivity index (χ4v) is 3.63. The fourth-order valence-electron chi connectivity index (χ4n) is 3.63. The van der Waals surface area contributed by atoms with Crippen LogP contribution in [-0.2, 0) is 7.05 Å². The minimum absolute atomic E-state index is 0.0454. The standard InChI is InChI=1S/C22H24N4O3/c1-15-11-19(12-21(27)24(15)3)29-18-9-10-25(14-18)22(28)20-13-23-26(16(20)2)17-7-5-4-6-8-17/h4-8,11-13,18H,9-10,14H2,1-3H3. The lowest BCUT2D eigenvalue weighted by molar-refractivity contribution is 0.0771. The zero-order valence-corrected chi connectivity index (χ0v) is 16.8. The number of nitrogens with zero attached hydrogens (tertiary/aromatic N) is 4. The van der Waals surface area contributed by atoms with Gasteiger partial charge in [0, 0.05) is 31.8 Å². The van der Waals surface area contributed by atoms with E-state index in [0.29, 0.717) is 24.4 Å². The fraction of sp³-hybridized carbons (Fsp3) is 0.318. The first-order valence-corrected chi connectivity index (χ1v) is 9.67. The lowest BCUT2D eigenvalue weighted by atomic mass is 10.2. The third-order valence-electron chi connectivity index (χ3n) is 5.45. The molecule has 29 heavy (non-hydrogen) atoms. The van der Waals surface area contributed by atoms with Gasteiger partial charge in [0.25, 0.3) is 11.5 Å². The summed E-state index contributed by atoms with van der Waals surface area (Å²) in [6, 6.07) is 13.1. The van der Waals surface area contributed by atoms with Crippen LogP contribution < -0.4 is 10.3 Å². The van der Waals surface area contributed by atoms with E-state index in [9.17, 15) is 9.59 Å². The molecule has 7 nitrogen and oxygen atoms in total. The third-order valence-corrected chi connectivity index (χ3v) is 5.45. The molecule has 7 heteroatoms. The second-order valence-electron chi connectivity index (χ2n) is 7.40. The van der Waals surface area contributed by atoms with Gasteiger partial charge >= 0.3 is 0 Å². The summed E-state index contributed by atoms with van der Waals surface area (Å²) < 4.78 is 9.34. The smallest absolute Gasteiger partial charge is 0.257 e. The minimum Gasteiger partial charge on any atom is -0.488 e. The van der Waals surface area contributed by atoms with Gasteiger partial charge in [0.1, 0.15) is 11.9 Å². The largest absolute Gasteiger partial charge is 0.488 e. The van der Waals surface area contributed by atoms with Crippen LogP contribution in [0.15, 0.2) is 53.5 Å². The monoisotopic (exact) mass is 392 g/mol. The molecule has 1 aliphatic rings. The van der Waals surface area contributed by atoms with Crippen molar-refractivity contribution in [1.82, 2.24) is 19.2 Å². The SMILES string of the molecule is Cc1c(C(=O)N2CCC(Oc3cc(C)n(C)c(=O)c3)C2)cnn1-c1ccccc1. The van der Waals surface area contributed by atoms with E-state index in [1.54, 1.807) is 27.4 Å². The molecule has 0 aliphatic carbocycles. The molecule has 1 amide bonds. The predicted molar refractivity (Wildman–Crippen MR) is 110 cm³/mol. The van der Waals surface area contributed by atoms with Crippen molar-refractivity contribution in [3.8, 4) is 11.4 Å². The number of likely N-dealkylation sites (tertiary alicyclic amines) is 1. The van der Waals surface area contributed by atoms with E-state index in [1.165, 1.54) is 6.07 Å². The third kappa shape index (κ3) is 3.68. The molecule has 3 aromatic rings. The van der Waals surface area contributed by atoms with Gasteiger partial charge in [-0.05, 0) is 32.0 Å². The molecule has 0 radical (unpaired) electrons. The molecule has 0 spiro atoms. The van der Waals surface area contributed by atoms with Crippen LogP contribution in [0.1, 0.15) is 28.2 Å². The Morgan fingerprint density at radius 2 is 1.93 bits per heavy atom. The molecular weight excluding hydrogens is 368 g/mol. The van der Waals surface area contributed by atoms with E-state index in [0.717, 1.165) is 23.5 Å². The number of rotatable bonds is 4. The van der Waals surface area contributed by atoms with Gasteiger partial charge in [0.15, 0.2) is 0 Å². The summed E-state index contributed by atoms with van der Waals surface area (Å²) in [5.74, 6) is 0.508. The Morgan fingerprint density at radius 1 is 1.17 bits per heavy atom. The molecule has 0 bridgehead atoms. The van der Waals surface area contributed by atoms with Gasteiger partial charge in [-0.2, -0.15) is 5.10 Å². The molecule has 1 aliphatic heterocycles. The number of para-hydroxylation sites is 1. The topological polar surface area (TPSA) is 69.4 Å². The van der Waals surface area contributed by atoms with Gasteiger partial charge in [-0.3, -0.25) is 9.59 Å². The van der Waals surface area contributed by atoms with Crippen LogP contribution in [0.5, 0.6) is 5.75 Å². The summed E-state index contributed by atoms with van der Waals surface area (Å²) in [5.41, 5.74) is 3.07. The van der Waals surface area contributed by atoms with E-state index in [4.69, 9.17) is 4.74 Å². The molecule has 0 N–H and O–H groups in total. The lowest BCUT2D eigenvalue weighted by Crippen LogP contribution is -2.31. The first-order chi connectivity index (χ1) is 13.9. The Labute approximate surface area is 169 Å². The number of pyridine rings is 1. The van der Waals surface area contributed by atoms with Gasteiger partial charge < -0.3 is 14.2 Å². The Morgan fingerprint density at radius 3 is 2.66 bits per heavy atom. The number of benzene rings is 1. The molecule has 2 aromatic heterocycles. The number of hydrogen-bond donors (Lipinski definition) is 0. The van der Waals surface area contributed by atoms with Gasteiger partial charge in [-0.1, -0.05) is 18.2 Å². The van der Waals surface area contributed by atoms with E-state index in [1.807, 2.05) is 50.2 Å². The van der Waals surface area contributed by atoms with Crippen LogP contribution in [0.3, 0.4) is 0 Å². The second-order valence-corrected chi connectivity index (χ2v) is 7.40. The first-order valence-electron chi connectivity index (χ1n) is 9.67. The van der Waals surface area contributed by atoms with Crippen molar-refractivity contribution in [3.63, 3.8) is 0 Å². The summed E-state index contributed by atoms with van der Waals surface area (Å²) >= 11 is 0. The van der Waals surface area contributed by atoms with Crippen molar-refractivity contribution in [2.75, 3.05) is 13.1 Å². The van der Waals surface area contributed by atoms with Crippen LogP contribution in [0.25, 0.3) is 5.69 Å². The number of aromatic nitrogens is 3. The van der Waals surface area contributed by atoms with Crippen LogP contribution in [0.4, 0.5) is 0 Å². The maximum Gasteiger partial charge on any atom is 0.257 e. The molecule has 1 fully saturated rings. The zero-order chi connectivity index (χ0) is 20.5. The zero-order valence-electron chi connectivity index (χ0n) is 16.8. The molecule has 3 heterocycles. The van der Waals surface area contributed by atoms with Crippen LogP contribution in [0.2, 0.25) is 0 Å². The molecule has 0 saturated carbocycles. The Balaban J connectivity index is 1.46. The summed E-state index contributed by atoms with van der Waals surface area (Å²) in [6.07, 6.45) is 2.23. The molecule has 1 atom stereocenters. The van der Waals surface area contributed by atoms with Crippen LogP contribution >= 0.6 is 0 Å². The van der Waals surface area contributed by atoms with E-state index >= 15 is 0 Å². The summed E-state index contributed by atoms with van der Waals surface area (Å²) in [4.78, 5) is 26.8. The van der Waals surface area contributed by atoms with E-state index in [-0.39, 0.29) is 17.6 Å². The summed E-state index contributed by atoms with van der Waals surface area (Å²) in [7, 11) is 1.73. The number of carbonyl (C=O) groups is 1. The molecule has 1 aromatic carbocycles. The lowest BCUT2D eigenvalue weighted by Gasteiger charge is -2.17. The quantitative estimate of drug-likeness (QED) is 0.684. The number of hydrogen-bond acceptors (Lipinski definition) is 4. The van der Waals surface area contributed by atoms with E-state index in [2.05, 4.69) is 5.10 Å². The van der Waals surface area contributed by atoms with Gasteiger partial charge in [0.05, 0.1) is 29.7 Å². The van der Waals surface area contributed by atoms with E-state index < -0.39 is 0 Å². The maximum absolute atomic E-state index is 13.0. The predicted octanol–water partition coefficient (Wildman–Crippen LogP) is 2.48. The average molecular weight is 392 g/mol. The number of carbonyl (C=O) groups excluding carboxylic acids is 1. The highest BCUT2D eigenvalue weighted by Gasteiger charge is 2.30. The summed E-state index contributed by atoms with van der Waals surface area (Å²) in [5, 5.41) is 4.39. The molecule has 150 valence electrons. The van der Waals surface area contributed by atoms with Crippen molar-refractivity contribution in [3.05, 3.63) is 76.0 Å². The highest BCUT2D eigenvalue weighted by atomic mass is 16.5. The molecule has 4 rings (SSSR count). The van der Waals surface area contributed by atoms with Gasteiger partial charge in [0.2, 0.25) is 0 Å². The van der Waals surface area contributed by atoms with Crippen molar-refractivity contribution in [1.29, 1.82) is 0 Å². The van der Waals surface area contributed by atoms with Crippen LogP contribution in [0, 0.1) is 13.8 Å². The normalized spacial score (nSPS) is 16.2. The Hall–Kier alpha value is -3.35. The highest BCUT2D eigenvalue weighted by molar-refractivity contribution is 5.95. The average Bonchev–Trinajstić information content (AvgIpc) is 3.33. The van der Waals surface area contributed by atoms with Crippen molar-refractivity contribution >= 4 is 5.91 Å². The Kier molecular flexibility index (Phi) is 4.96. The molecule has 1 saturated heterocycles. The number of amides is 1. The highest BCUT2D eigenvalue weighted by Crippen LogP contribution is 2.22. The van der Waals surface area contributed by atoms with Crippen LogP contribution in [-0.4, -0.2) is 44.3 Å². The Bertz CT molecular complexity index is 1100. The molecule has 1 unspecified atom stereocenters.